The van der Waals surface area contributed by atoms with Crippen molar-refractivity contribution >= 4 is 5.91 Å². The molecule has 0 aliphatic carbocycles. The molecule has 0 saturated heterocycles. The number of ether oxygens (including phenoxy) is 1. The van der Waals surface area contributed by atoms with Crippen LogP contribution in [0.4, 0.5) is 0 Å². The first-order valence-electron chi connectivity index (χ1n) is 7.04. The molecule has 0 fully saturated rings. The van der Waals surface area contributed by atoms with Crippen LogP contribution in [0, 0.1) is 5.92 Å². The highest BCUT2D eigenvalue weighted by atomic mass is 16.5. The van der Waals surface area contributed by atoms with E-state index in [1.54, 1.807) is 12.0 Å². The average Bonchev–Trinajstić information content (AvgIpc) is 2.44. The van der Waals surface area contributed by atoms with Gasteiger partial charge in [0.1, 0.15) is 0 Å². The lowest BCUT2D eigenvalue weighted by atomic mass is 10.0. The van der Waals surface area contributed by atoms with E-state index in [-0.39, 0.29) is 11.9 Å². The molecule has 0 bridgehead atoms. The Labute approximate surface area is 121 Å². The van der Waals surface area contributed by atoms with Gasteiger partial charge in [0, 0.05) is 32.3 Å². The molecule has 1 unspecified atom stereocenters. The average molecular weight is 278 g/mol. The van der Waals surface area contributed by atoms with Crippen LogP contribution in [0.3, 0.4) is 0 Å². The predicted molar refractivity (Wildman–Crippen MR) is 81.5 cm³/mol. The molecule has 1 amide bonds. The van der Waals surface area contributed by atoms with Gasteiger partial charge in [0.25, 0.3) is 5.91 Å². The molecule has 0 saturated carbocycles. The fourth-order valence-electron chi connectivity index (χ4n) is 1.91. The number of benzene rings is 1. The van der Waals surface area contributed by atoms with Crippen LogP contribution >= 0.6 is 0 Å². The van der Waals surface area contributed by atoms with E-state index in [9.17, 15) is 4.79 Å². The number of hydrogen-bond donors (Lipinski definition) is 1. The van der Waals surface area contributed by atoms with Crippen LogP contribution in [-0.2, 0) is 11.3 Å². The monoisotopic (exact) mass is 278 g/mol. The molecule has 20 heavy (non-hydrogen) atoms. The fourth-order valence-corrected chi connectivity index (χ4v) is 1.91. The molecule has 0 radical (unpaired) electrons. The minimum Gasteiger partial charge on any atom is -0.380 e. The first kappa shape index (κ1) is 16.7. The first-order valence-corrected chi connectivity index (χ1v) is 7.04. The number of carbonyl (C=O) groups is 1. The number of nitrogens with two attached hydrogens (primary N) is 1. The Balaban J connectivity index is 2.55. The van der Waals surface area contributed by atoms with Crippen LogP contribution < -0.4 is 5.73 Å². The van der Waals surface area contributed by atoms with Crippen molar-refractivity contribution in [1.82, 2.24) is 4.90 Å². The zero-order valence-corrected chi connectivity index (χ0v) is 12.9. The second-order valence-electron chi connectivity index (χ2n) is 5.55. The zero-order chi connectivity index (χ0) is 15.1. The van der Waals surface area contributed by atoms with Crippen LogP contribution in [0.1, 0.15) is 36.2 Å². The molecule has 0 aliphatic heterocycles. The summed E-state index contributed by atoms with van der Waals surface area (Å²) in [5.41, 5.74) is 7.77. The van der Waals surface area contributed by atoms with Crippen LogP contribution in [0.15, 0.2) is 24.3 Å². The number of amides is 1. The summed E-state index contributed by atoms with van der Waals surface area (Å²) in [5, 5.41) is 0. The Hall–Kier alpha value is -1.39. The molecular weight excluding hydrogens is 252 g/mol. The molecule has 0 spiro atoms. The standard InChI is InChI=1S/C16H26N2O2/c1-12(2)15(17)9-10-18(3)16(19)14-7-5-13(6-8-14)11-20-4/h5-8,12,15H,9-11,17H2,1-4H3. The van der Waals surface area contributed by atoms with Gasteiger partial charge >= 0.3 is 0 Å². The lowest BCUT2D eigenvalue weighted by molar-refractivity contribution is 0.0789. The Bertz CT molecular complexity index is 415. The maximum atomic E-state index is 12.3. The van der Waals surface area contributed by atoms with Crippen molar-refractivity contribution in [2.24, 2.45) is 11.7 Å². The van der Waals surface area contributed by atoms with Crippen molar-refractivity contribution < 1.29 is 9.53 Å². The zero-order valence-electron chi connectivity index (χ0n) is 12.9. The molecule has 0 aliphatic rings. The van der Waals surface area contributed by atoms with Crippen LogP contribution in [0.5, 0.6) is 0 Å². The van der Waals surface area contributed by atoms with Crippen molar-refractivity contribution in [3.05, 3.63) is 35.4 Å². The lowest BCUT2D eigenvalue weighted by Crippen LogP contribution is -2.34. The van der Waals surface area contributed by atoms with Gasteiger partial charge in [-0.2, -0.15) is 0 Å². The third kappa shape index (κ3) is 4.94. The molecule has 2 N–H and O–H groups in total. The summed E-state index contributed by atoms with van der Waals surface area (Å²) in [6.07, 6.45) is 0.821. The van der Waals surface area contributed by atoms with Gasteiger partial charge in [0.05, 0.1) is 6.61 Å². The van der Waals surface area contributed by atoms with Gasteiger partial charge < -0.3 is 15.4 Å². The SMILES string of the molecule is COCc1ccc(C(=O)N(C)CCC(N)C(C)C)cc1. The van der Waals surface area contributed by atoms with E-state index in [2.05, 4.69) is 13.8 Å². The first-order chi connectivity index (χ1) is 9.45. The van der Waals surface area contributed by atoms with E-state index in [0.29, 0.717) is 24.6 Å². The molecular formula is C16H26N2O2. The predicted octanol–water partition coefficient (Wildman–Crippen LogP) is 2.28. The lowest BCUT2D eigenvalue weighted by Gasteiger charge is -2.21. The smallest absolute Gasteiger partial charge is 0.253 e. The van der Waals surface area contributed by atoms with Crippen LogP contribution in [0.25, 0.3) is 0 Å². The number of carbonyl (C=O) groups excluding carboxylic acids is 1. The minimum atomic E-state index is 0.0323. The van der Waals surface area contributed by atoms with Gasteiger partial charge in [-0.25, -0.2) is 0 Å². The maximum absolute atomic E-state index is 12.3. The molecule has 1 aromatic rings. The van der Waals surface area contributed by atoms with E-state index in [0.717, 1.165) is 12.0 Å². The number of rotatable bonds is 7. The molecule has 4 heteroatoms. The quantitative estimate of drug-likeness (QED) is 0.832. The number of methoxy groups -OCH3 is 1. The summed E-state index contributed by atoms with van der Waals surface area (Å²) in [5.74, 6) is 0.469. The van der Waals surface area contributed by atoms with Gasteiger partial charge in [-0.05, 0) is 30.0 Å². The Kier molecular flexibility index (Phi) is 6.68. The number of hydrogen-bond acceptors (Lipinski definition) is 3. The molecule has 112 valence electrons. The Morgan fingerprint density at radius 3 is 2.40 bits per heavy atom. The van der Waals surface area contributed by atoms with Crippen molar-refractivity contribution in [2.45, 2.75) is 32.9 Å². The molecule has 1 aromatic carbocycles. The third-order valence-corrected chi connectivity index (χ3v) is 3.51. The van der Waals surface area contributed by atoms with Gasteiger partial charge in [0.15, 0.2) is 0 Å². The summed E-state index contributed by atoms with van der Waals surface area (Å²) >= 11 is 0. The Morgan fingerprint density at radius 1 is 1.30 bits per heavy atom. The molecule has 0 aromatic heterocycles. The summed E-state index contributed by atoms with van der Waals surface area (Å²) < 4.78 is 5.05. The summed E-state index contributed by atoms with van der Waals surface area (Å²) in [6, 6.07) is 7.66. The molecule has 1 atom stereocenters. The van der Waals surface area contributed by atoms with E-state index in [4.69, 9.17) is 10.5 Å². The summed E-state index contributed by atoms with van der Waals surface area (Å²) in [4.78, 5) is 14.0. The normalized spacial score (nSPS) is 12.5. The number of nitrogens with zero attached hydrogens (tertiary/aromatic N) is 1. The highest BCUT2D eigenvalue weighted by Crippen LogP contribution is 2.09. The highest BCUT2D eigenvalue weighted by molar-refractivity contribution is 5.94. The summed E-state index contributed by atoms with van der Waals surface area (Å²) in [6.45, 7) is 5.44. The van der Waals surface area contributed by atoms with E-state index < -0.39 is 0 Å². The van der Waals surface area contributed by atoms with Crippen molar-refractivity contribution in [1.29, 1.82) is 0 Å². The van der Waals surface area contributed by atoms with Crippen molar-refractivity contribution in [2.75, 3.05) is 20.7 Å². The van der Waals surface area contributed by atoms with Gasteiger partial charge in [0.2, 0.25) is 0 Å². The van der Waals surface area contributed by atoms with Crippen molar-refractivity contribution in [3.8, 4) is 0 Å². The second kappa shape index (κ2) is 8.02. The molecule has 0 heterocycles. The third-order valence-electron chi connectivity index (χ3n) is 3.51. The minimum absolute atomic E-state index is 0.0323. The fraction of sp³-hybridized carbons (Fsp3) is 0.562. The van der Waals surface area contributed by atoms with Crippen LogP contribution in [-0.4, -0.2) is 37.6 Å². The summed E-state index contributed by atoms with van der Waals surface area (Å²) in [7, 11) is 3.48. The van der Waals surface area contributed by atoms with Gasteiger partial charge in [-0.15, -0.1) is 0 Å². The molecule has 4 nitrogen and oxygen atoms in total. The highest BCUT2D eigenvalue weighted by Gasteiger charge is 2.14. The maximum Gasteiger partial charge on any atom is 0.253 e. The largest absolute Gasteiger partial charge is 0.380 e. The van der Waals surface area contributed by atoms with Gasteiger partial charge in [-0.3, -0.25) is 4.79 Å². The van der Waals surface area contributed by atoms with Crippen LogP contribution in [0.2, 0.25) is 0 Å². The van der Waals surface area contributed by atoms with E-state index >= 15 is 0 Å². The Morgan fingerprint density at radius 2 is 1.90 bits per heavy atom. The van der Waals surface area contributed by atoms with Gasteiger partial charge in [-0.1, -0.05) is 26.0 Å². The topological polar surface area (TPSA) is 55.6 Å². The van der Waals surface area contributed by atoms with E-state index in [1.165, 1.54) is 0 Å². The van der Waals surface area contributed by atoms with Crippen molar-refractivity contribution in [3.63, 3.8) is 0 Å². The van der Waals surface area contributed by atoms with E-state index in [1.807, 2.05) is 31.3 Å². The second-order valence-corrected chi connectivity index (χ2v) is 5.55. The molecule has 1 rings (SSSR count).